The van der Waals surface area contributed by atoms with E-state index in [2.05, 4.69) is 0 Å². The van der Waals surface area contributed by atoms with Crippen molar-refractivity contribution in [1.82, 2.24) is 0 Å². The van der Waals surface area contributed by atoms with E-state index in [1.54, 1.807) is 13.8 Å². The fourth-order valence-corrected chi connectivity index (χ4v) is 0.356. The average molecular weight is 131 g/mol. The molecule has 0 fully saturated rings. The quantitative estimate of drug-likeness (QED) is 0.509. The SMILES string of the molecule is CC(C)[C@](N)(C=O)CO. The molecule has 0 rings (SSSR count). The Morgan fingerprint density at radius 3 is 2.22 bits per heavy atom. The number of aliphatic hydroxyl groups excluding tert-OH is 1. The van der Waals surface area contributed by atoms with Crippen LogP contribution in [0.5, 0.6) is 0 Å². The average Bonchev–Trinajstić information content (AvgIpc) is 1.86. The van der Waals surface area contributed by atoms with E-state index in [1.807, 2.05) is 0 Å². The number of carbonyl (C=O) groups excluding carboxylic acids is 1. The molecule has 0 saturated heterocycles. The summed E-state index contributed by atoms with van der Waals surface area (Å²) >= 11 is 0. The Labute approximate surface area is 54.9 Å². The van der Waals surface area contributed by atoms with Crippen LogP contribution < -0.4 is 5.73 Å². The van der Waals surface area contributed by atoms with Gasteiger partial charge in [0.2, 0.25) is 0 Å². The van der Waals surface area contributed by atoms with Gasteiger partial charge in [-0.25, -0.2) is 0 Å². The molecule has 0 unspecified atom stereocenters. The van der Waals surface area contributed by atoms with Gasteiger partial charge in [-0.05, 0) is 5.92 Å². The summed E-state index contributed by atoms with van der Waals surface area (Å²) in [7, 11) is 0. The van der Waals surface area contributed by atoms with Gasteiger partial charge >= 0.3 is 0 Å². The van der Waals surface area contributed by atoms with Gasteiger partial charge < -0.3 is 15.6 Å². The van der Waals surface area contributed by atoms with Crippen molar-refractivity contribution in [2.45, 2.75) is 19.4 Å². The lowest BCUT2D eigenvalue weighted by Crippen LogP contribution is -2.50. The Balaban J connectivity index is 4.08. The Morgan fingerprint density at radius 1 is 1.78 bits per heavy atom. The van der Waals surface area contributed by atoms with Crippen LogP contribution in [0, 0.1) is 5.92 Å². The molecule has 0 aliphatic rings. The Morgan fingerprint density at radius 2 is 2.22 bits per heavy atom. The first kappa shape index (κ1) is 8.59. The van der Waals surface area contributed by atoms with Crippen LogP contribution in [-0.2, 0) is 4.79 Å². The lowest BCUT2D eigenvalue weighted by molar-refractivity contribution is -0.115. The molecule has 0 bridgehead atoms. The third-order valence-corrected chi connectivity index (χ3v) is 1.57. The summed E-state index contributed by atoms with van der Waals surface area (Å²) in [5, 5.41) is 8.60. The van der Waals surface area contributed by atoms with Crippen molar-refractivity contribution in [3.05, 3.63) is 0 Å². The van der Waals surface area contributed by atoms with E-state index < -0.39 is 5.54 Å². The molecule has 0 saturated carbocycles. The third kappa shape index (κ3) is 1.77. The van der Waals surface area contributed by atoms with Crippen LogP contribution in [-0.4, -0.2) is 23.5 Å². The van der Waals surface area contributed by atoms with Crippen LogP contribution in [0.15, 0.2) is 0 Å². The minimum atomic E-state index is -1.04. The van der Waals surface area contributed by atoms with E-state index in [0.29, 0.717) is 6.29 Å². The summed E-state index contributed by atoms with van der Waals surface area (Å²) in [6.07, 6.45) is 0.595. The maximum Gasteiger partial charge on any atom is 0.142 e. The van der Waals surface area contributed by atoms with E-state index in [0.717, 1.165) is 0 Å². The zero-order valence-electron chi connectivity index (χ0n) is 5.79. The fourth-order valence-electron chi connectivity index (χ4n) is 0.356. The summed E-state index contributed by atoms with van der Waals surface area (Å²) in [6, 6.07) is 0. The minimum absolute atomic E-state index is 0.0139. The molecular weight excluding hydrogens is 118 g/mol. The second-order valence-electron chi connectivity index (χ2n) is 2.54. The largest absolute Gasteiger partial charge is 0.394 e. The molecule has 1 atom stereocenters. The second-order valence-corrected chi connectivity index (χ2v) is 2.54. The predicted molar refractivity (Wildman–Crippen MR) is 34.9 cm³/mol. The van der Waals surface area contributed by atoms with Gasteiger partial charge in [-0.3, -0.25) is 0 Å². The molecule has 3 N–H and O–H groups in total. The molecule has 0 aliphatic carbocycles. The van der Waals surface area contributed by atoms with Crippen molar-refractivity contribution < 1.29 is 9.90 Å². The van der Waals surface area contributed by atoms with Crippen LogP contribution in [0.3, 0.4) is 0 Å². The first-order chi connectivity index (χ1) is 4.06. The van der Waals surface area contributed by atoms with Gasteiger partial charge in [0.1, 0.15) is 6.29 Å². The molecule has 0 amide bonds. The molecule has 3 nitrogen and oxygen atoms in total. The first-order valence-electron chi connectivity index (χ1n) is 2.93. The van der Waals surface area contributed by atoms with Gasteiger partial charge in [-0.1, -0.05) is 13.8 Å². The van der Waals surface area contributed by atoms with Crippen molar-refractivity contribution >= 4 is 6.29 Å². The Hall–Kier alpha value is -0.410. The zero-order valence-corrected chi connectivity index (χ0v) is 5.79. The van der Waals surface area contributed by atoms with Crippen molar-refractivity contribution in [3.8, 4) is 0 Å². The molecule has 0 aromatic rings. The summed E-state index contributed by atoms with van der Waals surface area (Å²) < 4.78 is 0. The van der Waals surface area contributed by atoms with Gasteiger partial charge in [-0.15, -0.1) is 0 Å². The number of rotatable bonds is 3. The number of nitrogens with two attached hydrogens (primary N) is 1. The zero-order chi connectivity index (χ0) is 7.49. The standard InChI is InChI=1S/C6H13NO2/c1-5(2)6(7,3-8)4-9/h3,5,9H,4,7H2,1-2H3/t6-/m0/s1. The maximum atomic E-state index is 10.2. The highest BCUT2D eigenvalue weighted by Crippen LogP contribution is 2.08. The monoisotopic (exact) mass is 131 g/mol. The molecule has 3 heteroatoms. The Bertz CT molecular complexity index is 103. The summed E-state index contributed by atoms with van der Waals surface area (Å²) in [5.74, 6) is -0.0139. The number of hydrogen-bond acceptors (Lipinski definition) is 3. The van der Waals surface area contributed by atoms with E-state index in [-0.39, 0.29) is 12.5 Å². The van der Waals surface area contributed by atoms with Gasteiger partial charge in [0.05, 0.1) is 12.1 Å². The van der Waals surface area contributed by atoms with Gasteiger partial charge in [0.25, 0.3) is 0 Å². The highest BCUT2D eigenvalue weighted by molar-refractivity contribution is 5.64. The molecule has 0 spiro atoms. The van der Waals surface area contributed by atoms with Crippen molar-refractivity contribution in [2.75, 3.05) is 6.61 Å². The van der Waals surface area contributed by atoms with Crippen LogP contribution >= 0.6 is 0 Å². The van der Waals surface area contributed by atoms with Crippen molar-refractivity contribution in [2.24, 2.45) is 11.7 Å². The third-order valence-electron chi connectivity index (χ3n) is 1.57. The normalized spacial score (nSPS) is 17.4. The summed E-state index contributed by atoms with van der Waals surface area (Å²) in [5.41, 5.74) is 4.38. The van der Waals surface area contributed by atoms with E-state index >= 15 is 0 Å². The maximum absolute atomic E-state index is 10.2. The van der Waals surface area contributed by atoms with E-state index in [4.69, 9.17) is 10.8 Å². The molecular formula is C6H13NO2. The lowest BCUT2D eigenvalue weighted by atomic mass is 9.90. The Kier molecular flexibility index (Phi) is 2.81. The minimum Gasteiger partial charge on any atom is -0.394 e. The summed E-state index contributed by atoms with van der Waals surface area (Å²) in [6.45, 7) is 3.31. The topological polar surface area (TPSA) is 63.3 Å². The number of aldehydes is 1. The number of carbonyl (C=O) groups is 1. The van der Waals surface area contributed by atoms with Crippen LogP contribution in [0.25, 0.3) is 0 Å². The first-order valence-corrected chi connectivity index (χ1v) is 2.93. The van der Waals surface area contributed by atoms with Crippen LogP contribution in [0.2, 0.25) is 0 Å². The molecule has 0 heterocycles. The molecule has 0 aliphatic heterocycles. The van der Waals surface area contributed by atoms with Gasteiger partial charge in [0.15, 0.2) is 0 Å². The second kappa shape index (κ2) is 2.94. The molecule has 0 aromatic heterocycles. The fraction of sp³-hybridized carbons (Fsp3) is 0.833. The van der Waals surface area contributed by atoms with E-state index in [9.17, 15) is 4.79 Å². The summed E-state index contributed by atoms with van der Waals surface area (Å²) in [4.78, 5) is 10.2. The molecule has 0 radical (unpaired) electrons. The van der Waals surface area contributed by atoms with Gasteiger partial charge in [-0.2, -0.15) is 0 Å². The van der Waals surface area contributed by atoms with Crippen LogP contribution in [0.1, 0.15) is 13.8 Å². The molecule has 9 heavy (non-hydrogen) atoms. The van der Waals surface area contributed by atoms with Crippen molar-refractivity contribution in [3.63, 3.8) is 0 Å². The predicted octanol–water partition coefficient (Wildman–Crippen LogP) is -0.469. The number of hydrogen-bond donors (Lipinski definition) is 2. The van der Waals surface area contributed by atoms with Crippen LogP contribution in [0.4, 0.5) is 0 Å². The lowest BCUT2D eigenvalue weighted by Gasteiger charge is -2.23. The number of aliphatic hydroxyl groups is 1. The smallest absolute Gasteiger partial charge is 0.142 e. The van der Waals surface area contributed by atoms with Gasteiger partial charge in [0, 0.05) is 0 Å². The highest BCUT2D eigenvalue weighted by atomic mass is 16.3. The van der Waals surface area contributed by atoms with Crippen molar-refractivity contribution in [1.29, 1.82) is 0 Å². The highest BCUT2D eigenvalue weighted by Gasteiger charge is 2.26. The molecule has 0 aromatic carbocycles. The van der Waals surface area contributed by atoms with E-state index in [1.165, 1.54) is 0 Å². The molecule has 54 valence electrons.